The Hall–Kier alpha value is -1.87. The van der Waals surface area contributed by atoms with Crippen LogP contribution in [-0.4, -0.2) is 4.98 Å². The van der Waals surface area contributed by atoms with Gasteiger partial charge in [-0.15, -0.1) is 0 Å². The summed E-state index contributed by atoms with van der Waals surface area (Å²) in [4.78, 5) is 4.28. The van der Waals surface area contributed by atoms with Crippen molar-refractivity contribution in [2.45, 2.75) is 32.1 Å². The van der Waals surface area contributed by atoms with Gasteiger partial charge in [-0.1, -0.05) is 17.7 Å². The van der Waals surface area contributed by atoms with Crippen LogP contribution in [0.3, 0.4) is 0 Å². The van der Waals surface area contributed by atoms with Gasteiger partial charge >= 0.3 is 0 Å². The number of aromatic nitrogens is 1. The molecule has 0 radical (unpaired) electrons. The second-order valence-electron chi connectivity index (χ2n) is 6.79. The predicted octanol–water partition coefficient (Wildman–Crippen LogP) is 6.20. The molecule has 1 saturated carbocycles. The third-order valence-corrected chi connectivity index (χ3v) is 5.45. The van der Waals surface area contributed by atoms with Gasteiger partial charge in [0.1, 0.15) is 5.82 Å². The maximum absolute atomic E-state index is 13.0. The number of oxazole rings is 1. The van der Waals surface area contributed by atoms with Crippen molar-refractivity contribution in [2.24, 2.45) is 11.8 Å². The Balaban J connectivity index is 1.52. The second kappa shape index (κ2) is 6.56. The molecule has 2 aliphatic carbocycles. The van der Waals surface area contributed by atoms with E-state index in [1.807, 2.05) is 12.2 Å². The van der Waals surface area contributed by atoms with E-state index >= 15 is 0 Å². The van der Waals surface area contributed by atoms with Crippen molar-refractivity contribution in [2.75, 3.05) is 0 Å². The maximum atomic E-state index is 13.0. The van der Waals surface area contributed by atoms with Crippen molar-refractivity contribution in [1.29, 1.82) is 0 Å². The number of rotatable bonds is 3. The molecule has 4 rings (SSSR count). The topological polar surface area (TPSA) is 26.0 Å². The summed E-state index contributed by atoms with van der Waals surface area (Å²) < 4.78 is 18.7. The summed E-state index contributed by atoms with van der Waals surface area (Å²) in [7, 11) is 0. The van der Waals surface area contributed by atoms with Crippen LogP contribution in [-0.2, 0) is 0 Å². The molecule has 1 aromatic heterocycles. The van der Waals surface area contributed by atoms with Crippen molar-refractivity contribution in [3.05, 3.63) is 58.9 Å². The molecule has 4 heteroatoms. The van der Waals surface area contributed by atoms with Crippen LogP contribution >= 0.6 is 11.6 Å². The van der Waals surface area contributed by atoms with Crippen molar-refractivity contribution >= 4 is 17.7 Å². The van der Waals surface area contributed by atoms with Crippen molar-refractivity contribution in [3.8, 4) is 11.3 Å². The molecule has 24 heavy (non-hydrogen) atoms. The molecule has 2 nitrogen and oxygen atoms in total. The molecule has 1 aromatic carbocycles. The van der Waals surface area contributed by atoms with Crippen LogP contribution in [0.1, 0.15) is 38.0 Å². The Morgan fingerprint density at radius 3 is 2.62 bits per heavy atom. The van der Waals surface area contributed by atoms with Crippen LogP contribution in [0.2, 0.25) is 0 Å². The normalized spacial score (nSPS) is 23.9. The second-order valence-corrected chi connectivity index (χ2v) is 7.24. The van der Waals surface area contributed by atoms with Gasteiger partial charge in [-0.25, -0.2) is 9.37 Å². The summed E-state index contributed by atoms with van der Waals surface area (Å²) in [5.74, 6) is 2.45. The number of benzene rings is 1. The minimum Gasteiger partial charge on any atom is -0.437 e. The molecule has 2 aromatic rings. The number of nitrogens with zero attached hydrogens (tertiary/aromatic N) is 1. The minimum absolute atomic E-state index is 0.261. The molecule has 0 aliphatic heterocycles. The lowest BCUT2D eigenvalue weighted by Crippen LogP contribution is -1.94. The zero-order chi connectivity index (χ0) is 16.5. The Morgan fingerprint density at radius 1 is 1.08 bits per heavy atom. The number of fused-ring (bicyclic) bond motifs is 2. The third kappa shape index (κ3) is 3.32. The Morgan fingerprint density at radius 2 is 1.83 bits per heavy atom. The highest BCUT2D eigenvalue weighted by atomic mass is 35.5. The van der Waals surface area contributed by atoms with E-state index in [-0.39, 0.29) is 5.82 Å². The summed E-state index contributed by atoms with van der Waals surface area (Å²) in [5, 5.41) is 0.990. The highest BCUT2D eigenvalue weighted by molar-refractivity contribution is 6.30. The van der Waals surface area contributed by atoms with Crippen molar-refractivity contribution in [3.63, 3.8) is 0 Å². The first-order valence-corrected chi connectivity index (χ1v) is 8.82. The molecule has 0 saturated heterocycles. The van der Waals surface area contributed by atoms with Gasteiger partial charge in [0.25, 0.3) is 0 Å². The van der Waals surface area contributed by atoms with Gasteiger partial charge in [0.05, 0.1) is 6.20 Å². The van der Waals surface area contributed by atoms with Crippen LogP contribution in [0.5, 0.6) is 0 Å². The highest BCUT2D eigenvalue weighted by Crippen LogP contribution is 2.44. The summed E-state index contributed by atoms with van der Waals surface area (Å²) in [6.07, 6.45) is 11.6. The molecule has 0 spiro atoms. The van der Waals surface area contributed by atoms with Gasteiger partial charge in [-0.2, -0.15) is 0 Å². The van der Waals surface area contributed by atoms with Crippen LogP contribution < -0.4 is 0 Å². The van der Waals surface area contributed by atoms with E-state index < -0.39 is 0 Å². The van der Waals surface area contributed by atoms with Crippen LogP contribution in [0.25, 0.3) is 17.4 Å². The van der Waals surface area contributed by atoms with E-state index in [0.717, 1.165) is 35.3 Å². The molecular weight excluding hydrogens is 325 g/mol. The average molecular weight is 344 g/mol. The fourth-order valence-electron chi connectivity index (χ4n) is 3.80. The van der Waals surface area contributed by atoms with E-state index in [4.69, 9.17) is 16.0 Å². The smallest absolute Gasteiger partial charge is 0.219 e. The van der Waals surface area contributed by atoms with Crippen molar-refractivity contribution in [1.82, 2.24) is 4.98 Å². The fourth-order valence-corrected chi connectivity index (χ4v) is 4.16. The lowest BCUT2D eigenvalue weighted by Gasteiger charge is -2.10. The minimum atomic E-state index is -0.261. The van der Waals surface area contributed by atoms with E-state index in [9.17, 15) is 4.39 Å². The molecule has 124 valence electrons. The monoisotopic (exact) mass is 343 g/mol. The largest absolute Gasteiger partial charge is 0.437 e. The predicted molar refractivity (Wildman–Crippen MR) is 93.9 cm³/mol. The first kappa shape index (κ1) is 15.6. The van der Waals surface area contributed by atoms with Crippen LogP contribution in [0.4, 0.5) is 4.39 Å². The SMILES string of the molecule is Fc1ccc(-c2cnc(/C=C/C3=C(Cl)CC4CCC(C3)C4)o2)cc1. The summed E-state index contributed by atoms with van der Waals surface area (Å²) in [6.45, 7) is 0. The van der Waals surface area contributed by atoms with Gasteiger partial charge < -0.3 is 4.42 Å². The zero-order valence-corrected chi connectivity index (χ0v) is 14.1. The number of hydrogen-bond donors (Lipinski definition) is 0. The molecule has 0 N–H and O–H groups in total. The number of hydrogen-bond acceptors (Lipinski definition) is 2. The standard InChI is InChI=1S/C20H19ClFNO/c21-18-11-14-2-1-13(9-14)10-16(18)5-8-20-23-12-19(24-20)15-3-6-17(22)7-4-15/h3-8,12-14H,1-2,9-11H2/b8-5+. The lowest BCUT2D eigenvalue weighted by molar-refractivity contribution is 0.510. The first-order chi connectivity index (χ1) is 11.7. The van der Waals surface area contributed by atoms with E-state index in [1.54, 1.807) is 18.3 Å². The first-order valence-electron chi connectivity index (χ1n) is 8.45. The lowest BCUT2D eigenvalue weighted by atomic mass is 9.98. The fraction of sp³-hybridized carbons (Fsp3) is 0.350. The van der Waals surface area contributed by atoms with E-state index in [2.05, 4.69) is 4.98 Å². The summed E-state index contributed by atoms with van der Waals surface area (Å²) in [6, 6.07) is 6.20. The van der Waals surface area contributed by atoms with Gasteiger partial charge in [0.2, 0.25) is 5.89 Å². The average Bonchev–Trinajstić information content (AvgIpc) is 3.17. The van der Waals surface area contributed by atoms with Crippen LogP contribution in [0, 0.1) is 17.7 Å². The van der Waals surface area contributed by atoms with Crippen LogP contribution in [0.15, 0.2) is 51.6 Å². The molecule has 2 atom stereocenters. The highest BCUT2D eigenvalue weighted by Gasteiger charge is 2.29. The van der Waals surface area contributed by atoms with Gasteiger partial charge in [0.15, 0.2) is 5.76 Å². The molecule has 2 aliphatic rings. The van der Waals surface area contributed by atoms with Crippen molar-refractivity contribution < 1.29 is 8.81 Å². The molecule has 1 fully saturated rings. The number of allylic oxidation sites excluding steroid dienone is 3. The van der Waals surface area contributed by atoms with Gasteiger partial charge in [-0.05, 0) is 73.8 Å². The molecule has 0 amide bonds. The quantitative estimate of drug-likeness (QED) is 0.663. The maximum Gasteiger partial charge on any atom is 0.219 e. The third-order valence-electron chi connectivity index (χ3n) is 5.05. The Bertz CT molecular complexity index is 790. The van der Waals surface area contributed by atoms with Gasteiger partial charge in [0, 0.05) is 16.7 Å². The molecule has 2 bridgehead atoms. The Kier molecular flexibility index (Phi) is 4.28. The number of halogens is 2. The van der Waals surface area contributed by atoms with E-state index in [1.165, 1.54) is 37.0 Å². The van der Waals surface area contributed by atoms with E-state index in [0.29, 0.717) is 11.7 Å². The zero-order valence-electron chi connectivity index (χ0n) is 13.3. The summed E-state index contributed by atoms with van der Waals surface area (Å²) >= 11 is 6.51. The molecule has 2 unspecified atom stereocenters. The molecular formula is C20H19ClFNO. The Labute approximate surface area is 146 Å². The van der Waals surface area contributed by atoms with Gasteiger partial charge in [-0.3, -0.25) is 0 Å². The summed E-state index contributed by atoms with van der Waals surface area (Å²) in [5.41, 5.74) is 2.03. The molecule has 1 heterocycles.